The predicted molar refractivity (Wildman–Crippen MR) is 151 cm³/mol. The van der Waals surface area contributed by atoms with E-state index in [1.807, 2.05) is 6.07 Å². The first-order chi connectivity index (χ1) is 15.6. The van der Waals surface area contributed by atoms with Crippen LogP contribution in [0.5, 0.6) is 0 Å². The third-order valence-electron chi connectivity index (χ3n) is 8.48. The van der Waals surface area contributed by atoms with E-state index in [2.05, 4.69) is 32.0 Å². The summed E-state index contributed by atoms with van der Waals surface area (Å²) in [4.78, 5) is -3.72. The minimum atomic E-state index is -0.956. The Morgan fingerprint density at radius 2 is 0.971 bits per heavy atom. The van der Waals surface area contributed by atoms with Gasteiger partial charge in [0.2, 0.25) is 0 Å². The van der Waals surface area contributed by atoms with Crippen LogP contribution in [0, 0.1) is 11.8 Å². The van der Waals surface area contributed by atoms with Gasteiger partial charge in [0.05, 0.1) is 50.4 Å². The SMILES string of the molecule is CC(c1cccc(C(C)C2C(Cl)C3(Cl)CC2(Cl)C(Cl)=C3Cl)c1)C1C(Cl)C2(Cl)CC1(Cl)C(Cl)=C2Cl. The second-order valence-corrected chi connectivity index (χ2v) is 15.3. The van der Waals surface area contributed by atoms with Crippen LogP contribution >= 0.6 is 116 Å². The Morgan fingerprint density at radius 1 is 0.647 bits per heavy atom. The third kappa shape index (κ3) is 3.33. The molecule has 0 spiro atoms. The van der Waals surface area contributed by atoms with Gasteiger partial charge in [-0.3, -0.25) is 0 Å². The van der Waals surface area contributed by atoms with Crippen LogP contribution in [0.15, 0.2) is 44.4 Å². The van der Waals surface area contributed by atoms with E-state index < -0.39 is 30.3 Å². The van der Waals surface area contributed by atoms with E-state index >= 15 is 0 Å². The highest BCUT2D eigenvalue weighted by Crippen LogP contribution is 2.70. The molecule has 0 aromatic heterocycles. The van der Waals surface area contributed by atoms with Crippen molar-refractivity contribution in [2.24, 2.45) is 11.8 Å². The van der Waals surface area contributed by atoms with Gasteiger partial charge in [0, 0.05) is 11.8 Å². The summed E-state index contributed by atoms with van der Waals surface area (Å²) < 4.78 is 0. The fourth-order valence-corrected chi connectivity index (χ4v) is 12.0. The molecule has 1 aromatic rings. The summed E-state index contributed by atoms with van der Waals surface area (Å²) >= 11 is 67.4. The van der Waals surface area contributed by atoms with E-state index in [0.717, 1.165) is 11.1 Å². The molecule has 0 heterocycles. The lowest BCUT2D eigenvalue weighted by atomic mass is 9.75. The normalized spacial score (nSPS) is 47.2. The summed E-state index contributed by atoms with van der Waals surface area (Å²) in [5, 5.41) is 0.559. The van der Waals surface area contributed by atoms with Gasteiger partial charge >= 0.3 is 0 Å². The van der Waals surface area contributed by atoms with Crippen molar-refractivity contribution < 1.29 is 0 Å². The molecule has 1 aromatic carbocycles. The van der Waals surface area contributed by atoms with Crippen LogP contribution in [0.1, 0.15) is 49.7 Å². The number of halogens is 10. The molecule has 0 saturated heterocycles. The van der Waals surface area contributed by atoms with Crippen molar-refractivity contribution in [2.75, 3.05) is 0 Å². The molecule has 0 nitrogen and oxygen atoms in total. The van der Waals surface area contributed by atoms with E-state index in [1.54, 1.807) is 0 Å². The van der Waals surface area contributed by atoms with E-state index in [4.69, 9.17) is 116 Å². The number of alkyl halides is 6. The van der Waals surface area contributed by atoms with Crippen LogP contribution in [-0.2, 0) is 0 Å². The summed E-state index contributed by atoms with van der Waals surface area (Å²) in [6, 6.07) is 8.26. The van der Waals surface area contributed by atoms with E-state index in [0.29, 0.717) is 33.0 Å². The van der Waals surface area contributed by atoms with Gasteiger partial charge in [-0.25, -0.2) is 0 Å². The van der Waals surface area contributed by atoms with Gasteiger partial charge in [0.1, 0.15) is 0 Å². The number of fused-ring (bicyclic) bond motifs is 4. The molecule has 10 heteroatoms. The highest BCUT2D eigenvalue weighted by molar-refractivity contribution is 6.54. The largest absolute Gasteiger partial charge is 0.120 e. The maximum atomic E-state index is 7.04. The molecule has 4 bridgehead atoms. The lowest BCUT2D eigenvalue weighted by Gasteiger charge is -2.39. The Morgan fingerprint density at radius 3 is 1.29 bits per heavy atom. The molecule has 10 atom stereocenters. The van der Waals surface area contributed by atoms with E-state index in [-0.39, 0.29) is 23.7 Å². The minimum Gasteiger partial charge on any atom is -0.120 e. The van der Waals surface area contributed by atoms with Gasteiger partial charge in [-0.15, -0.1) is 69.6 Å². The van der Waals surface area contributed by atoms with Gasteiger partial charge < -0.3 is 0 Å². The Kier molecular flexibility index (Phi) is 6.83. The summed E-state index contributed by atoms with van der Waals surface area (Å²) in [6.07, 6.45) is 0.794. The Labute approximate surface area is 250 Å². The fraction of sp³-hybridized carbons (Fsp3) is 0.583. The molecule has 2 saturated carbocycles. The van der Waals surface area contributed by atoms with Crippen LogP contribution < -0.4 is 0 Å². The summed E-state index contributed by atoms with van der Waals surface area (Å²) in [6.45, 7) is 4.18. The Bertz CT molecular complexity index is 1050. The molecule has 34 heavy (non-hydrogen) atoms. The lowest BCUT2D eigenvalue weighted by molar-refractivity contribution is 0.397. The van der Waals surface area contributed by atoms with Gasteiger partial charge in [0.25, 0.3) is 0 Å². The molecule has 0 radical (unpaired) electrons. The highest BCUT2D eigenvalue weighted by atomic mass is 35.5. The number of allylic oxidation sites excluding steroid dienone is 4. The van der Waals surface area contributed by atoms with Crippen LogP contribution in [-0.4, -0.2) is 30.3 Å². The second-order valence-electron chi connectivity index (χ2n) is 10.2. The minimum absolute atomic E-state index is 0.0413. The van der Waals surface area contributed by atoms with Gasteiger partial charge in [0.15, 0.2) is 0 Å². The maximum absolute atomic E-state index is 7.04. The van der Waals surface area contributed by atoms with Crippen LogP contribution in [0.25, 0.3) is 0 Å². The zero-order valence-electron chi connectivity index (χ0n) is 18.0. The Balaban J connectivity index is 1.48. The molecule has 2 fully saturated rings. The van der Waals surface area contributed by atoms with E-state index in [1.165, 1.54) is 0 Å². The van der Waals surface area contributed by atoms with Crippen LogP contribution in [0.2, 0.25) is 0 Å². The first kappa shape index (κ1) is 27.2. The average molecular weight is 663 g/mol. The number of benzene rings is 1. The van der Waals surface area contributed by atoms with Crippen molar-refractivity contribution >= 4 is 116 Å². The number of rotatable bonds is 4. The number of hydrogen-bond acceptors (Lipinski definition) is 0. The van der Waals surface area contributed by atoms with Gasteiger partial charge in [-0.05, 0) is 35.8 Å². The molecule has 0 aliphatic heterocycles. The van der Waals surface area contributed by atoms with Crippen molar-refractivity contribution in [2.45, 2.75) is 68.8 Å². The fourth-order valence-electron chi connectivity index (χ4n) is 6.63. The molecular formula is C24H20Cl10. The molecule has 4 aliphatic carbocycles. The maximum Gasteiger partial charge on any atom is 0.0999 e. The summed E-state index contributed by atoms with van der Waals surface area (Å²) in [5.41, 5.74) is 2.12. The van der Waals surface area contributed by atoms with Crippen molar-refractivity contribution in [1.29, 1.82) is 0 Å². The molecular weight excluding hydrogens is 643 g/mol. The van der Waals surface area contributed by atoms with E-state index in [9.17, 15) is 0 Å². The standard InChI is InChI=1S/C24H20Cl10/c1-9(13-15(25)23(33)7-21(13,31)17(27)19(23)29)11-4-3-5-12(6-11)10(2)14-16(26)24(34)8-22(14,32)18(28)20(24)30/h3-6,9-10,13-16H,7-8H2,1-2H3. The average Bonchev–Trinajstić information content (AvgIpc) is 3.29. The van der Waals surface area contributed by atoms with Crippen molar-refractivity contribution in [1.82, 2.24) is 0 Å². The van der Waals surface area contributed by atoms with Gasteiger partial charge in [-0.2, -0.15) is 0 Å². The highest BCUT2D eigenvalue weighted by Gasteiger charge is 2.70. The van der Waals surface area contributed by atoms with Crippen LogP contribution in [0.3, 0.4) is 0 Å². The van der Waals surface area contributed by atoms with Crippen molar-refractivity contribution in [3.05, 3.63) is 55.5 Å². The first-order valence-corrected chi connectivity index (χ1v) is 14.8. The van der Waals surface area contributed by atoms with Crippen molar-refractivity contribution in [3.63, 3.8) is 0 Å². The summed E-state index contributed by atoms with van der Waals surface area (Å²) in [5.74, 6) is -0.501. The zero-order valence-corrected chi connectivity index (χ0v) is 25.5. The first-order valence-electron chi connectivity index (χ1n) is 10.9. The molecule has 0 amide bonds. The summed E-state index contributed by atoms with van der Waals surface area (Å²) in [7, 11) is 0. The predicted octanol–water partition coefficient (Wildman–Crippen LogP) is 10.5. The van der Waals surface area contributed by atoms with Gasteiger partial charge in [-0.1, -0.05) is 84.5 Å². The van der Waals surface area contributed by atoms with Crippen molar-refractivity contribution in [3.8, 4) is 0 Å². The molecule has 5 rings (SSSR count). The molecule has 4 aliphatic rings. The Hall–Kier alpha value is 1.60. The third-order valence-corrected chi connectivity index (χ3v) is 14.9. The molecule has 10 unspecified atom stereocenters. The monoisotopic (exact) mass is 658 g/mol. The van der Waals surface area contributed by atoms with Crippen LogP contribution in [0.4, 0.5) is 0 Å². The number of hydrogen-bond donors (Lipinski definition) is 0. The lowest BCUT2D eigenvalue weighted by Crippen LogP contribution is -2.40. The topological polar surface area (TPSA) is 0 Å². The molecule has 0 N–H and O–H groups in total. The quantitative estimate of drug-likeness (QED) is 0.282. The smallest absolute Gasteiger partial charge is 0.0999 e. The molecule has 186 valence electrons. The zero-order chi connectivity index (χ0) is 25.2. The second kappa shape index (κ2) is 8.55.